The van der Waals surface area contributed by atoms with Crippen molar-refractivity contribution in [1.82, 2.24) is 10.2 Å². The number of ether oxygens (including phenoxy) is 3. The van der Waals surface area contributed by atoms with Gasteiger partial charge in [-0.3, -0.25) is 9.59 Å². The van der Waals surface area contributed by atoms with Crippen molar-refractivity contribution in [3.63, 3.8) is 0 Å². The molecule has 0 radical (unpaired) electrons. The second-order valence-corrected chi connectivity index (χ2v) is 9.21. The summed E-state index contributed by atoms with van der Waals surface area (Å²) >= 11 is 6.05. The molecule has 1 atom stereocenters. The molecule has 0 spiro atoms. The van der Waals surface area contributed by atoms with E-state index in [0.717, 1.165) is 31.2 Å². The summed E-state index contributed by atoms with van der Waals surface area (Å²) in [5, 5.41) is 3.23. The molecule has 2 aromatic carbocycles. The van der Waals surface area contributed by atoms with Crippen molar-refractivity contribution in [2.75, 3.05) is 26.7 Å². The van der Waals surface area contributed by atoms with E-state index in [-0.39, 0.29) is 30.3 Å². The van der Waals surface area contributed by atoms with Gasteiger partial charge in [0.15, 0.2) is 11.5 Å². The fourth-order valence-corrected chi connectivity index (χ4v) is 4.79. The van der Waals surface area contributed by atoms with Gasteiger partial charge in [0.1, 0.15) is 17.7 Å². The predicted molar refractivity (Wildman–Crippen MR) is 141 cm³/mol. The van der Waals surface area contributed by atoms with Gasteiger partial charge in [-0.15, -0.1) is 11.6 Å². The minimum absolute atomic E-state index is 0.0843. The SMILES string of the molecule is CCOc1ccc([C@@H](C(=O)NC2CCCCCC2)N(Cc2ccc(OC)cc2)C(=O)CCl)cc1OC. The van der Waals surface area contributed by atoms with E-state index in [2.05, 4.69) is 5.32 Å². The Morgan fingerprint density at radius 1 is 1.00 bits per heavy atom. The van der Waals surface area contributed by atoms with Crippen LogP contribution in [0.3, 0.4) is 0 Å². The lowest BCUT2D eigenvalue weighted by molar-refractivity contribution is -0.140. The number of hydrogen-bond donors (Lipinski definition) is 1. The first kappa shape index (κ1) is 27.7. The first-order chi connectivity index (χ1) is 17.5. The van der Waals surface area contributed by atoms with Gasteiger partial charge in [0.25, 0.3) is 0 Å². The van der Waals surface area contributed by atoms with Gasteiger partial charge in [-0.1, -0.05) is 43.9 Å². The molecular formula is C28H37ClN2O5. The van der Waals surface area contributed by atoms with Crippen LogP contribution < -0.4 is 19.5 Å². The van der Waals surface area contributed by atoms with Gasteiger partial charge in [0, 0.05) is 12.6 Å². The Balaban J connectivity index is 2.00. The third kappa shape index (κ3) is 7.29. The minimum atomic E-state index is -0.883. The number of rotatable bonds is 11. The number of halogens is 1. The number of alkyl halides is 1. The molecule has 196 valence electrons. The molecule has 2 aromatic rings. The van der Waals surface area contributed by atoms with Crippen LogP contribution in [0.2, 0.25) is 0 Å². The number of amides is 2. The van der Waals surface area contributed by atoms with Crippen molar-refractivity contribution in [3.8, 4) is 17.2 Å². The van der Waals surface area contributed by atoms with Crippen LogP contribution in [0, 0.1) is 0 Å². The molecule has 0 saturated heterocycles. The van der Waals surface area contributed by atoms with E-state index in [1.165, 1.54) is 17.7 Å². The van der Waals surface area contributed by atoms with Crippen LogP contribution >= 0.6 is 11.6 Å². The molecule has 2 amide bonds. The van der Waals surface area contributed by atoms with Gasteiger partial charge >= 0.3 is 0 Å². The Labute approximate surface area is 219 Å². The molecule has 0 aromatic heterocycles. The van der Waals surface area contributed by atoms with Crippen LogP contribution in [0.15, 0.2) is 42.5 Å². The summed E-state index contributed by atoms with van der Waals surface area (Å²) in [6, 6.07) is 12.0. The Morgan fingerprint density at radius 2 is 1.69 bits per heavy atom. The van der Waals surface area contributed by atoms with Crippen LogP contribution in [-0.4, -0.2) is 49.5 Å². The Bertz CT molecular complexity index is 990. The van der Waals surface area contributed by atoms with Crippen LogP contribution in [0.1, 0.15) is 62.6 Å². The lowest BCUT2D eigenvalue weighted by Gasteiger charge is -2.32. The first-order valence-corrected chi connectivity index (χ1v) is 13.1. The Hall–Kier alpha value is -2.93. The summed E-state index contributed by atoms with van der Waals surface area (Å²) in [5.74, 6) is 1.01. The van der Waals surface area contributed by atoms with Crippen molar-refractivity contribution >= 4 is 23.4 Å². The molecular weight excluding hydrogens is 480 g/mol. The largest absolute Gasteiger partial charge is 0.497 e. The van der Waals surface area contributed by atoms with Crippen molar-refractivity contribution in [1.29, 1.82) is 0 Å². The van der Waals surface area contributed by atoms with Crippen LogP contribution in [-0.2, 0) is 16.1 Å². The number of carbonyl (C=O) groups excluding carboxylic acids is 2. The number of nitrogens with one attached hydrogen (secondary N) is 1. The average molecular weight is 517 g/mol. The lowest BCUT2D eigenvalue weighted by atomic mass is 10.0. The second-order valence-electron chi connectivity index (χ2n) is 8.95. The van der Waals surface area contributed by atoms with E-state index in [4.69, 9.17) is 25.8 Å². The Morgan fingerprint density at radius 3 is 2.28 bits per heavy atom. The van der Waals surface area contributed by atoms with Crippen molar-refractivity contribution in [3.05, 3.63) is 53.6 Å². The maximum atomic E-state index is 13.8. The number of nitrogens with zero attached hydrogens (tertiary/aromatic N) is 1. The summed E-state index contributed by atoms with van der Waals surface area (Å²) in [6.07, 6.45) is 6.41. The summed E-state index contributed by atoms with van der Waals surface area (Å²) in [5.41, 5.74) is 1.49. The molecule has 0 aliphatic heterocycles. The fraction of sp³-hybridized carbons (Fsp3) is 0.500. The van der Waals surface area contributed by atoms with E-state index >= 15 is 0 Å². The highest BCUT2D eigenvalue weighted by atomic mass is 35.5. The quantitative estimate of drug-likeness (QED) is 0.326. The monoisotopic (exact) mass is 516 g/mol. The summed E-state index contributed by atoms with van der Waals surface area (Å²) in [6.45, 7) is 2.59. The van der Waals surface area contributed by atoms with Gasteiger partial charge < -0.3 is 24.4 Å². The highest BCUT2D eigenvalue weighted by molar-refractivity contribution is 6.27. The molecule has 1 saturated carbocycles. The topological polar surface area (TPSA) is 77.1 Å². The summed E-state index contributed by atoms with van der Waals surface area (Å²) < 4.78 is 16.5. The molecule has 0 bridgehead atoms. The van der Waals surface area contributed by atoms with Crippen molar-refractivity contribution in [2.24, 2.45) is 0 Å². The molecule has 36 heavy (non-hydrogen) atoms. The molecule has 1 N–H and O–H groups in total. The highest BCUT2D eigenvalue weighted by Crippen LogP contribution is 2.34. The van der Waals surface area contributed by atoms with Gasteiger partial charge in [0.2, 0.25) is 11.8 Å². The van der Waals surface area contributed by atoms with Crippen LogP contribution in [0.4, 0.5) is 0 Å². The van der Waals surface area contributed by atoms with Gasteiger partial charge in [0.05, 0.1) is 20.8 Å². The lowest BCUT2D eigenvalue weighted by Crippen LogP contribution is -2.46. The number of hydrogen-bond acceptors (Lipinski definition) is 5. The molecule has 1 fully saturated rings. The number of benzene rings is 2. The second kappa shape index (κ2) is 14.0. The smallest absolute Gasteiger partial charge is 0.247 e. The normalized spacial score (nSPS) is 14.9. The third-order valence-corrected chi connectivity index (χ3v) is 6.74. The molecule has 0 heterocycles. The third-order valence-electron chi connectivity index (χ3n) is 6.51. The van der Waals surface area contributed by atoms with E-state index in [9.17, 15) is 9.59 Å². The van der Waals surface area contributed by atoms with E-state index in [1.54, 1.807) is 26.4 Å². The van der Waals surface area contributed by atoms with E-state index in [1.807, 2.05) is 37.3 Å². The van der Waals surface area contributed by atoms with Crippen LogP contribution in [0.25, 0.3) is 0 Å². The van der Waals surface area contributed by atoms with Crippen molar-refractivity contribution in [2.45, 2.75) is 64.1 Å². The standard InChI is InChI=1S/C28H37ClN2O5/c1-4-36-24-16-13-21(17-25(24)35-3)27(28(33)30-22-9-7-5-6-8-10-22)31(26(32)18-29)19-20-11-14-23(34-2)15-12-20/h11-17,22,27H,4-10,18-19H2,1-3H3,(H,30,33)/t27-/m0/s1. The zero-order valence-electron chi connectivity index (χ0n) is 21.4. The van der Waals surface area contributed by atoms with Gasteiger partial charge in [-0.25, -0.2) is 0 Å². The van der Waals surface area contributed by atoms with Gasteiger partial charge in [-0.2, -0.15) is 0 Å². The zero-order valence-corrected chi connectivity index (χ0v) is 22.2. The predicted octanol–water partition coefficient (Wildman–Crippen LogP) is 5.25. The molecule has 3 rings (SSSR count). The molecule has 8 heteroatoms. The molecule has 7 nitrogen and oxygen atoms in total. The maximum absolute atomic E-state index is 13.8. The van der Waals surface area contributed by atoms with E-state index < -0.39 is 6.04 Å². The average Bonchev–Trinajstić information content (AvgIpc) is 3.17. The fourth-order valence-electron chi connectivity index (χ4n) is 4.63. The van der Waals surface area contributed by atoms with Gasteiger partial charge in [-0.05, 0) is 55.2 Å². The molecule has 0 unspecified atom stereocenters. The summed E-state index contributed by atoms with van der Waals surface area (Å²) in [7, 11) is 3.16. The minimum Gasteiger partial charge on any atom is -0.497 e. The number of methoxy groups -OCH3 is 2. The highest BCUT2D eigenvalue weighted by Gasteiger charge is 2.33. The maximum Gasteiger partial charge on any atom is 0.247 e. The molecule has 1 aliphatic rings. The molecule has 1 aliphatic carbocycles. The van der Waals surface area contributed by atoms with Crippen LogP contribution in [0.5, 0.6) is 17.2 Å². The summed E-state index contributed by atoms with van der Waals surface area (Å²) in [4.78, 5) is 28.5. The van der Waals surface area contributed by atoms with E-state index in [0.29, 0.717) is 29.4 Å². The zero-order chi connectivity index (χ0) is 25.9. The first-order valence-electron chi connectivity index (χ1n) is 12.6. The van der Waals surface area contributed by atoms with Crippen molar-refractivity contribution < 1.29 is 23.8 Å². The Kier molecular flexibility index (Phi) is 10.7. The number of carbonyl (C=O) groups is 2.